The van der Waals surface area contributed by atoms with Gasteiger partial charge in [0.05, 0.1) is 10.8 Å². The molecule has 0 saturated heterocycles. The zero-order valence-corrected chi connectivity index (χ0v) is 9.85. The molecular weight excluding hydrogens is 226 g/mol. The standard InChI is InChI=1S/C8H13NOS2.ClH/c1-11-8-3-2-7(12-8)4-6(9)5-10;/h2-3,6,10H,4-5,9H2,1H3;1H. The van der Waals surface area contributed by atoms with Gasteiger partial charge in [0.25, 0.3) is 0 Å². The normalized spacial score (nSPS) is 12.2. The average Bonchev–Trinajstić information content (AvgIpc) is 2.52. The van der Waals surface area contributed by atoms with Crippen LogP contribution in [0.15, 0.2) is 16.3 Å². The lowest BCUT2D eigenvalue weighted by molar-refractivity contribution is 0.266. The highest BCUT2D eigenvalue weighted by atomic mass is 35.5. The summed E-state index contributed by atoms with van der Waals surface area (Å²) in [5, 5.41) is 8.73. The van der Waals surface area contributed by atoms with E-state index in [1.807, 2.05) is 0 Å². The van der Waals surface area contributed by atoms with Crippen LogP contribution >= 0.6 is 35.5 Å². The van der Waals surface area contributed by atoms with Crippen molar-refractivity contribution in [2.24, 2.45) is 5.73 Å². The number of aliphatic hydroxyl groups excluding tert-OH is 1. The van der Waals surface area contributed by atoms with Crippen LogP contribution < -0.4 is 5.73 Å². The summed E-state index contributed by atoms with van der Waals surface area (Å²) in [6.07, 6.45) is 2.84. The van der Waals surface area contributed by atoms with Crippen LogP contribution in [-0.2, 0) is 6.42 Å². The predicted octanol–water partition coefficient (Wildman–Crippen LogP) is 1.75. The molecule has 0 aliphatic carbocycles. The number of hydrogen-bond acceptors (Lipinski definition) is 4. The van der Waals surface area contributed by atoms with Crippen molar-refractivity contribution in [3.05, 3.63) is 17.0 Å². The summed E-state index contributed by atoms with van der Waals surface area (Å²) >= 11 is 3.49. The number of hydrogen-bond donors (Lipinski definition) is 2. The second-order valence-electron chi connectivity index (χ2n) is 2.57. The highest BCUT2D eigenvalue weighted by Crippen LogP contribution is 2.25. The number of thiophene rings is 1. The van der Waals surface area contributed by atoms with Gasteiger partial charge in [-0.3, -0.25) is 0 Å². The van der Waals surface area contributed by atoms with Crippen molar-refractivity contribution in [2.45, 2.75) is 16.7 Å². The summed E-state index contributed by atoms with van der Waals surface area (Å²) in [5.41, 5.74) is 5.61. The zero-order valence-electron chi connectivity index (χ0n) is 7.40. The number of nitrogens with two attached hydrogens (primary N) is 1. The van der Waals surface area contributed by atoms with Crippen LogP contribution in [0.5, 0.6) is 0 Å². The molecule has 2 nitrogen and oxygen atoms in total. The first kappa shape index (κ1) is 13.3. The van der Waals surface area contributed by atoms with Gasteiger partial charge in [-0.15, -0.1) is 35.5 Å². The fourth-order valence-electron chi connectivity index (χ4n) is 0.901. The summed E-state index contributed by atoms with van der Waals surface area (Å²) in [5.74, 6) is 0. The highest BCUT2D eigenvalue weighted by molar-refractivity contribution is 8.00. The Morgan fingerprint density at radius 1 is 1.62 bits per heavy atom. The monoisotopic (exact) mass is 239 g/mol. The molecule has 13 heavy (non-hydrogen) atoms. The Bertz CT molecular complexity index is 242. The van der Waals surface area contributed by atoms with Gasteiger partial charge in [0.2, 0.25) is 0 Å². The molecule has 0 amide bonds. The van der Waals surface area contributed by atoms with Crippen LogP contribution in [0.4, 0.5) is 0 Å². The maximum atomic E-state index is 8.73. The number of aliphatic hydroxyl groups is 1. The number of thioether (sulfide) groups is 1. The van der Waals surface area contributed by atoms with Crippen LogP contribution in [0, 0.1) is 0 Å². The topological polar surface area (TPSA) is 46.2 Å². The van der Waals surface area contributed by atoms with Crippen molar-refractivity contribution in [2.75, 3.05) is 12.9 Å². The van der Waals surface area contributed by atoms with Gasteiger partial charge in [-0.05, 0) is 24.8 Å². The molecule has 1 unspecified atom stereocenters. The quantitative estimate of drug-likeness (QED) is 0.788. The summed E-state index contributed by atoms with van der Waals surface area (Å²) in [7, 11) is 0. The fraction of sp³-hybridized carbons (Fsp3) is 0.500. The first-order valence-electron chi connectivity index (χ1n) is 3.75. The molecule has 0 aliphatic rings. The van der Waals surface area contributed by atoms with E-state index in [1.54, 1.807) is 23.1 Å². The minimum absolute atomic E-state index is 0. The Labute approximate surface area is 92.9 Å². The van der Waals surface area contributed by atoms with Crippen molar-refractivity contribution in [1.82, 2.24) is 0 Å². The Morgan fingerprint density at radius 3 is 2.77 bits per heavy atom. The van der Waals surface area contributed by atoms with Gasteiger partial charge in [0, 0.05) is 10.9 Å². The molecular formula is C8H14ClNOS2. The Balaban J connectivity index is 0.00000144. The molecule has 0 spiro atoms. The van der Waals surface area contributed by atoms with E-state index in [9.17, 15) is 0 Å². The van der Waals surface area contributed by atoms with Gasteiger partial charge in [0.1, 0.15) is 0 Å². The van der Waals surface area contributed by atoms with E-state index >= 15 is 0 Å². The molecule has 1 rings (SSSR count). The molecule has 0 bridgehead atoms. The SMILES string of the molecule is CSc1ccc(CC(N)CO)s1.Cl. The highest BCUT2D eigenvalue weighted by Gasteiger charge is 2.04. The third-order valence-electron chi connectivity index (χ3n) is 1.54. The van der Waals surface area contributed by atoms with Crippen molar-refractivity contribution >= 4 is 35.5 Å². The van der Waals surface area contributed by atoms with Crippen molar-refractivity contribution in [3.8, 4) is 0 Å². The molecule has 0 radical (unpaired) electrons. The molecule has 0 aromatic carbocycles. The van der Waals surface area contributed by atoms with E-state index in [0.717, 1.165) is 6.42 Å². The van der Waals surface area contributed by atoms with E-state index < -0.39 is 0 Å². The Morgan fingerprint density at radius 2 is 2.31 bits per heavy atom. The van der Waals surface area contributed by atoms with Gasteiger partial charge in [0.15, 0.2) is 0 Å². The van der Waals surface area contributed by atoms with Crippen LogP contribution in [0.25, 0.3) is 0 Å². The second kappa shape index (κ2) is 6.68. The maximum absolute atomic E-state index is 8.73. The zero-order chi connectivity index (χ0) is 8.97. The van der Waals surface area contributed by atoms with E-state index in [-0.39, 0.29) is 25.1 Å². The number of rotatable bonds is 4. The van der Waals surface area contributed by atoms with Gasteiger partial charge < -0.3 is 10.8 Å². The van der Waals surface area contributed by atoms with Gasteiger partial charge in [-0.2, -0.15) is 0 Å². The largest absolute Gasteiger partial charge is 0.395 e. The van der Waals surface area contributed by atoms with Crippen molar-refractivity contribution in [1.29, 1.82) is 0 Å². The first-order valence-corrected chi connectivity index (χ1v) is 5.79. The van der Waals surface area contributed by atoms with Gasteiger partial charge >= 0.3 is 0 Å². The molecule has 5 heteroatoms. The van der Waals surface area contributed by atoms with Gasteiger partial charge in [-0.25, -0.2) is 0 Å². The van der Waals surface area contributed by atoms with E-state index in [4.69, 9.17) is 10.8 Å². The minimum Gasteiger partial charge on any atom is -0.395 e. The number of halogens is 1. The first-order chi connectivity index (χ1) is 5.76. The molecule has 1 heterocycles. The molecule has 0 aliphatic heterocycles. The van der Waals surface area contributed by atoms with E-state index in [1.165, 1.54) is 9.09 Å². The molecule has 1 aromatic heterocycles. The molecule has 0 fully saturated rings. The van der Waals surface area contributed by atoms with Crippen LogP contribution in [0.1, 0.15) is 4.88 Å². The molecule has 1 atom stereocenters. The fourth-order valence-corrected chi connectivity index (χ4v) is 2.59. The minimum atomic E-state index is -0.113. The maximum Gasteiger partial charge on any atom is 0.0598 e. The lowest BCUT2D eigenvalue weighted by Crippen LogP contribution is -2.26. The summed E-state index contributed by atoms with van der Waals surface area (Å²) in [6.45, 7) is 0.0620. The lowest BCUT2D eigenvalue weighted by Gasteiger charge is -2.04. The van der Waals surface area contributed by atoms with E-state index in [2.05, 4.69) is 18.4 Å². The van der Waals surface area contributed by atoms with Gasteiger partial charge in [-0.1, -0.05) is 0 Å². The Hall–Kier alpha value is 0.260. The third-order valence-corrected chi connectivity index (χ3v) is 3.73. The van der Waals surface area contributed by atoms with Crippen LogP contribution in [0.2, 0.25) is 0 Å². The second-order valence-corrected chi connectivity index (χ2v) is 4.85. The molecule has 1 aromatic rings. The molecule has 76 valence electrons. The molecule has 3 N–H and O–H groups in total. The average molecular weight is 240 g/mol. The van der Waals surface area contributed by atoms with Crippen molar-refractivity contribution in [3.63, 3.8) is 0 Å². The Kier molecular flexibility index (Phi) is 6.81. The lowest BCUT2D eigenvalue weighted by atomic mass is 10.2. The van der Waals surface area contributed by atoms with E-state index in [0.29, 0.717) is 0 Å². The summed E-state index contributed by atoms with van der Waals surface area (Å²) < 4.78 is 1.30. The van der Waals surface area contributed by atoms with Crippen molar-refractivity contribution < 1.29 is 5.11 Å². The predicted molar refractivity (Wildman–Crippen MR) is 62.1 cm³/mol. The van der Waals surface area contributed by atoms with Crippen LogP contribution in [-0.4, -0.2) is 24.0 Å². The van der Waals surface area contributed by atoms with Crippen LogP contribution in [0.3, 0.4) is 0 Å². The smallest absolute Gasteiger partial charge is 0.0598 e. The summed E-state index contributed by atoms with van der Waals surface area (Å²) in [4.78, 5) is 1.25. The molecule has 0 saturated carbocycles. The summed E-state index contributed by atoms with van der Waals surface area (Å²) in [6, 6.07) is 4.05. The third kappa shape index (κ3) is 4.33.